The number of hydrogen-bond acceptors (Lipinski definition) is 3. The first-order valence-corrected chi connectivity index (χ1v) is 11.3. The summed E-state index contributed by atoms with van der Waals surface area (Å²) in [7, 11) is 0. The zero-order chi connectivity index (χ0) is 24.2. The summed E-state index contributed by atoms with van der Waals surface area (Å²) in [6.45, 7) is 12.5. The van der Waals surface area contributed by atoms with E-state index in [0.29, 0.717) is 24.2 Å². The van der Waals surface area contributed by atoms with Crippen LogP contribution in [0, 0.1) is 23.5 Å². The Bertz CT molecular complexity index is 920. The van der Waals surface area contributed by atoms with Crippen molar-refractivity contribution in [2.24, 2.45) is 11.8 Å². The van der Waals surface area contributed by atoms with Crippen molar-refractivity contribution in [2.75, 3.05) is 13.1 Å². The van der Waals surface area contributed by atoms with Crippen LogP contribution in [0.2, 0.25) is 0 Å². The highest BCUT2D eigenvalue weighted by Crippen LogP contribution is 2.30. The number of carbonyl (C=O) groups is 1. The highest BCUT2D eigenvalue weighted by molar-refractivity contribution is 5.74. The zero-order valence-corrected chi connectivity index (χ0v) is 19.4. The van der Waals surface area contributed by atoms with E-state index in [2.05, 4.69) is 18.5 Å². The maximum atomic E-state index is 13.9. The van der Waals surface area contributed by atoms with E-state index < -0.39 is 29.6 Å². The second-order valence-electron chi connectivity index (χ2n) is 7.92. The molecule has 1 N–H and O–H groups in total. The van der Waals surface area contributed by atoms with Gasteiger partial charge in [-0.2, -0.15) is 0 Å². The van der Waals surface area contributed by atoms with Crippen LogP contribution in [0.4, 0.5) is 8.78 Å². The van der Waals surface area contributed by atoms with E-state index in [1.807, 2.05) is 19.9 Å². The normalized spacial score (nSPS) is 12.6. The molecule has 2 aromatic rings. The van der Waals surface area contributed by atoms with Crippen LogP contribution in [-0.4, -0.2) is 19.1 Å². The standard InChI is InChI=1S/C28H33F2NO2/c1-5-11-20(6-2)18-31-19-26(21(7-3)8-4)28(32)33-27(22-12-9-14-24(29)16-22)23-13-10-15-25(30)17-23/h5-6,9-17,21,26-27,31H,1-2,7-8,18-19H2,3-4H3/b20-11+. The molecule has 3 nitrogen and oxygen atoms in total. The second kappa shape index (κ2) is 13.5. The number of halogens is 2. The van der Waals surface area contributed by atoms with Gasteiger partial charge in [0.05, 0.1) is 5.92 Å². The molecule has 1 unspecified atom stereocenters. The number of carbonyl (C=O) groups excluding carboxylic acids is 1. The van der Waals surface area contributed by atoms with E-state index in [1.165, 1.54) is 24.3 Å². The SMILES string of the molecule is C=C/C=C(\C=C)CNCC(C(=O)OC(c1cccc(F)c1)c1cccc(F)c1)C(CC)CC. The van der Waals surface area contributed by atoms with Crippen molar-refractivity contribution < 1.29 is 18.3 Å². The van der Waals surface area contributed by atoms with Crippen molar-refractivity contribution in [2.45, 2.75) is 32.8 Å². The highest BCUT2D eigenvalue weighted by atomic mass is 19.1. The summed E-state index contributed by atoms with van der Waals surface area (Å²) in [5, 5.41) is 3.31. The minimum Gasteiger partial charge on any atom is -0.452 e. The van der Waals surface area contributed by atoms with Gasteiger partial charge in [-0.1, -0.05) is 82.3 Å². The van der Waals surface area contributed by atoms with E-state index in [0.717, 1.165) is 18.4 Å². The fourth-order valence-corrected chi connectivity index (χ4v) is 3.89. The molecule has 5 heteroatoms. The zero-order valence-electron chi connectivity index (χ0n) is 19.4. The molecule has 0 amide bonds. The van der Waals surface area contributed by atoms with E-state index in [-0.39, 0.29) is 5.92 Å². The van der Waals surface area contributed by atoms with Crippen LogP contribution in [0.1, 0.15) is 43.9 Å². The Labute approximate surface area is 195 Å². The molecule has 0 aliphatic carbocycles. The average Bonchev–Trinajstić information content (AvgIpc) is 2.81. The van der Waals surface area contributed by atoms with Gasteiger partial charge in [-0.05, 0) is 46.9 Å². The first-order chi connectivity index (χ1) is 15.9. The number of benzene rings is 2. The number of allylic oxidation sites excluding steroid dienone is 2. The molecule has 2 aromatic carbocycles. The van der Waals surface area contributed by atoms with Crippen molar-refractivity contribution in [3.05, 3.63) is 108 Å². The van der Waals surface area contributed by atoms with Crippen LogP contribution in [-0.2, 0) is 9.53 Å². The van der Waals surface area contributed by atoms with Crippen molar-refractivity contribution in [3.8, 4) is 0 Å². The third-order valence-electron chi connectivity index (χ3n) is 5.74. The third-order valence-corrected chi connectivity index (χ3v) is 5.74. The van der Waals surface area contributed by atoms with Crippen molar-refractivity contribution >= 4 is 5.97 Å². The van der Waals surface area contributed by atoms with Crippen molar-refractivity contribution in [1.29, 1.82) is 0 Å². The predicted molar refractivity (Wildman–Crippen MR) is 130 cm³/mol. The quantitative estimate of drug-likeness (QED) is 0.276. The molecule has 176 valence electrons. The molecular weight excluding hydrogens is 420 g/mol. The molecule has 0 aliphatic rings. The first-order valence-electron chi connectivity index (χ1n) is 11.3. The maximum absolute atomic E-state index is 13.9. The summed E-state index contributed by atoms with van der Waals surface area (Å²) in [4.78, 5) is 13.4. The molecule has 0 radical (unpaired) electrons. The van der Waals surface area contributed by atoms with Crippen LogP contribution < -0.4 is 5.32 Å². The summed E-state index contributed by atoms with van der Waals surface area (Å²) in [5.41, 5.74) is 1.86. The van der Waals surface area contributed by atoms with Gasteiger partial charge in [0.25, 0.3) is 0 Å². The van der Waals surface area contributed by atoms with Crippen LogP contribution >= 0.6 is 0 Å². The molecule has 0 fully saturated rings. The van der Waals surface area contributed by atoms with Gasteiger partial charge in [0, 0.05) is 13.1 Å². The van der Waals surface area contributed by atoms with Gasteiger partial charge in [0.2, 0.25) is 0 Å². The molecule has 0 saturated heterocycles. The van der Waals surface area contributed by atoms with Crippen LogP contribution in [0.15, 0.2) is 85.5 Å². The number of nitrogens with one attached hydrogen (secondary N) is 1. The van der Waals surface area contributed by atoms with Gasteiger partial charge in [-0.25, -0.2) is 8.78 Å². The van der Waals surface area contributed by atoms with Crippen LogP contribution in [0.25, 0.3) is 0 Å². The fourth-order valence-electron chi connectivity index (χ4n) is 3.89. The lowest BCUT2D eigenvalue weighted by molar-refractivity contribution is -0.154. The number of hydrogen-bond donors (Lipinski definition) is 1. The lowest BCUT2D eigenvalue weighted by atomic mass is 9.87. The Morgan fingerprint density at radius 3 is 2.06 bits per heavy atom. The Morgan fingerprint density at radius 1 is 1.03 bits per heavy atom. The molecule has 1 atom stereocenters. The number of esters is 1. The Balaban J connectivity index is 2.30. The molecule has 33 heavy (non-hydrogen) atoms. The van der Waals surface area contributed by atoms with Crippen LogP contribution in [0.3, 0.4) is 0 Å². The van der Waals surface area contributed by atoms with E-state index in [9.17, 15) is 13.6 Å². The van der Waals surface area contributed by atoms with Crippen LogP contribution in [0.5, 0.6) is 0 Å². The summed E-state index contributed by atoms with van der Waals surface area (Å²) in [6, 6.07) is 11.7. The van der Waals surface area contributed by atoms with Gasteiger partial charge in [-0.15, -0.1) is 0 Å². The molecule has 0 saturated carbocycles. The summed E-state index contributed by atoms with van der Waals surface area (Å²) in [5.74, 6) is -1.62. The van der Waals surface area contributed by atoms with Gasteiger partial charge in [0.15, 0.2) is 6.10 Å². The Morgan fingerprint density at radius 2 is 1.61 bits per heavy atom. The number of ether oxygens (including phenoxy) is 1. The molecular formula is C28H33F2NO2. The Hall–Kier alpha value is -3.05. The summed E-state index contributed by atoms with van der Waals surface area (Å²) < 4.78 is 33.8. The lowest BCUT2D eigenvalue weighted by Crippen LogP contribution is -2.36. The van der Waals surface area contributed by atoms with Crippen molar-refractivity contribution in [1.82, 2.24) is 5.32 Å². The second-order valence-corrected chi connectivity index (χ2v) is 7.92. The monoisotopic (exact) mass is 453 g/mol. The molecule has 0 aromatic heterocycles. The maximum Gasteiger partial charge on any atom is 0.311 e. The van der Waals surface area contributed by atoms with E-state index in [1.54, 1.807) is 36.4 Å². The summed E-state index contributed by atoms with van der Waals surface area (Å²) >= 11 is 0. The third kappa shape index (κ3) is 7.79. The van der Waals surface area contributed by atoms with Gasteiger partial charge in [0.1, 0.15) is 11.6 Å². The lowest BCUT2D eigenvalue weighted by Gasteiger charge is -2.27. The van der Waals surface area contributed by atoms with Gasteiger partial charge >= 0.3 is 5.97 Å². The van der Waals surface area contributed by atoms with Crippen molar-refractivity contribution in [3.63, 3.8) is 0 Å². The Kier molecular flexibility index (Phi) is 10.7. The molecule has 0 aliphatic heterocycles. The smallest absolute Gasteiger partial charge is 0.311 e. The minimum absolute atomic E-state index is 0.0984. The molecule has 0 spiro atoms. The topological polar surface area (TPSA) is 38.3 Å². The highest BCUT2D eigenvalue weighted by Gasteiger charge is 2.30. The van der Waals surface area contributed by atoms with E-state index in [4.69, 9.17) is 4.74 Å². The van der Waals surface area contributed by atoms with E-state index >= 15 is 0 Å². The average molecular weight is 454 g/mol. The molecule has 2 rings (SSSR count). The summed E-state index contributed by atoms with van der Waals surface area (Å²) in [6.07, 6.45) is 5.98. The molecule has 0 bridgehead atoms. The largest absolute Gasteiger partial charge is 0.452 e. The molecule has 0 heterocycles. The van der Waals surface area contributed by atoms with Gasteiger partial charge < -0.3 is 10.1 Å². The number of rotatable bonds is 13. The fraction of sp³-hybridized carbons (Fsp3) is 0.321. The predicted octanol–water partition coefficient (Wildman–Crippen LogP) is 6.54. The minimum atomic E-state index is -0.912. The van der Waals surface area contributed by atoms with Gasteiger partial charge in [-0.3, -0.25) is 4.79 Å². The first kappa shape index (κ1) is 26.2.